The number of rotatable bonds is 10. The molecule has 30 heavy (non-hydrogen) atoms. The fourth-order valence-corrected chi connectivity index (χ4v) is 4.66. The zero-order valence-corrected chi connectivity index (χ0v) is 19.8. The number of nitrogens with one attached hydrogen (secondary N) is 1. The average molecular weight is 472 g/mol. The Kier molecular flexibility index (Phi) is 8.97. The molecule has 0 aliphatic carbocycles. The number of halogens is 3. The van der Waals surface area contributed by atoms with Crippen LogP contribution in [0.2, 0.25) is 15.1 Å². The number of likely N-dealkylation sites (N-methyl/N-ethyl adjacent to an activating group) is 1. The van der Waals surface area contributed by atoms with E-state index in [9.17, 15) is 0 Å². The highest BCUT2D eigenvalue weighted by molar-refractivity contribution is 6.36. The van der Waals surface area contributed by atoms with Crippen LogP contribution in [0.3, 0.4) is 0 Å². The Bertz CT molecular complexity index is 827. The number of likely N-dealkylation sites (tertiary alicyclic amines) is 1. The second-order valence-corrected chi connectivity index (χ2v) is 8.60. The standard InChI is InChI=1S/C23H29Cl3N2O2/c1-3-28-10-6-7-17(28)14-27-13-16-11-21(26)23(22(12-16)29-4-2)30-15-18-19(24)8-5-9-20(18)25/h5,8-9,11-12,17,27H,3-4,6-7,10,13-15H2,1-2H3. The lowest BCUT2D eigenvalue weighted by Gasteiger charge is -2.23. The van der Waals surface area contributed by atoms with Gasteiger partial charge in [0.25, 0.3) is 0 Å². The topological polar surface area (TPSA) is 33.7 Å². The van der Waals surface area contributed by atoms with Crippen molar-refractivity contribution in [3.8, 4) is 11.5 Å². The lowest BCUT2D eigenvalue weighted by Crippen LogP contribution is -2.37. The molecule has 7 heteroatoms. The van der Waals surface area contributed by atoms with E-state index in [1.54, 1.807) is 18.2 Å². The predicted molar refractivity (Wildman–Crippen MR) is 125 cm³/mol. The van der Waals surface area contributed by atoms with E-state index < -0.39 is 0 Å². The van der Waals surface area contributed by atoms with Gasteiger partial charge in [-0.15, -0.1) is 0 Å². The smallest absolute Gasteiger partial charge is 0.180 e. The van der Waals surface area contributed by atoms with Gasteiger partial charge in [-0.3, -0.25) is 4.90 Å². The van der Waals surface area contributed by atoms with E-state index in [4.69, 9.17) is 44.3 Å². The molecule has 2 aromatic rings. The van der Waals surface area contributed by atoms with E-state index >= 15 is 0 Å². The molecule has 1 N–H and O–H groups in total. The summed E-state index contributed by atoms with van der Waals surface area (Å²) in [4.78, 5) is 2.53. The summed E-state index contributed by atoms with van der Waals surface area (Å²) in [5.41, 5.74) is 1.79. The largest absolute Gasteiger partial charge is 0.490 e. The number of hydrogen-bond donors (Lipinski definition) is 1. The van der Waals surface area contributed by atoms with Crippen molar-refractivity contribution in [1.29, 1.82) is 0 Å². The van der Waals surface area contributed by atoms with Gasteiger partial charge in [-0.2, -0.15) is 0 Å². The monoisotopic (exact) mass is 470 g/mol. The Hall–Kier alpha value is -1.17. The van der Waals surface area contributed by atoms with Gasteiger partial charge in [-0.25, -0.2) is 0 Å². The van der Waals surface area contributed by atoms with Gasteiger partial charge >= 0.3 is 0 Å². The molecule has 2 aromatic carbocycles. The molecule has 1 fully saturated rings. The van der Waals surface area contributed by atoms with Crippen molar-refractivity contribution < 1.29 is 9.47 Å². The van der Waals surface area contributed by atoms with Crippen molar-refractivity contribution in [3.63, 3.8) is 0 Å². The number of benzene rings is 2. The van der Waals surface area contributed by atoms with Crippen molar-refractivity contribution in [2.45, 2.75) is 45.9 Å². The Balaban J connectivity index is 1.67. The summed E-state index contributed by atoms with van der Waals surface area (Å²) in [6.07, 6.45) is 2.53. The van der Waals surface area contributed by atoms with Crippen LogP contribution in [0.15, 0.2) is 30.3 Å². The first-order chi connectivity index (χ1) is 14.5. The highest BCUT2D eigenvalue weighted by Gasteiger charge is 2.22. The summed E-state index contributed by atoms with van der Waals surface area (Å²) in [5.74, 6) is 1.13. The summed E-state index contributed by atoms with van der Waals surface area (Å²) in [6, 6.07) is 9.90. The molecule has 1 saturated heterocycles. The molecule has 164 valence electrons. The third-order valence-electron chi connectivity index (χ3n) is 5.41. The molecule has 1 atom stereocenters. The minimum Gasteiger partial charge on any atom is -0.490 e. The first-order valence-corrected chi connectivity index (χ1v) is 11.6. The molecule has 0 saturated carbocycles. The Morgan fingerprint density at radius 3 is 2.53 bits per heavy atom. The van der Waals surface area contributed by atoms with E-state index in [1.807, 2.05) is 19.1 Å². The van der Waals surface area contributed by atoms with Gasteiger partial charge in [0.05, 0.1) is 11.6 Å². The van der Waals surface area contributed by atoms with Crippen LogP contribution in [0.5, 0.6) is 11.5 Å². The summed E-state index contributed by atoms with van der Waals surface area (Å²) >= 11 is 19.1. The maximum atomic E-state index is 6.56. The van der Waals surface area contributed by atoms with Gasteiger partial charge in [0.15, 0.2) is 11.5 Å². The van der Waals surface area contributed by atoms with E-state index in [0.717, 1.165) is 30.8 Å². The lowest BCUT2D eigenvalue weighted by molar-refractivity contribution is 0.259. The molecule has 1 aliphatic heterocycles. The van der Waals surface area contributed by atoms with Crippen molar-refractivity contribution in [3.05, 3.63) is 56.5 Å². The first kappa shape index (κ1) is 23.5. The molecule has 1 unspecified atom stereocenters. The lowest BCUT2D eigenvalue weighted by atomic mass is 10.1. The zero-order chi connectivity index (χ0) is 21.5. The van der Waals surface area contributed by atoms with Crippen LogP contribution >= 0.6 is 34.8 Å². The van der Waals surface area contributed by atoms with E-state index in [1.165, 1.54) is 19.4 Å². The predicted octanol–water partition coefficient (Wildman–Crippen LogP) is 6.20. The molecular weight excluding hydrogens is 443 g/mol. The van der Waals surface area contributed by atoms with Crippen molar-refractivity contribution in [2.75, 3.05) is 26.2 Å². The quantitative estimate of drug-likeness (QED) is 0.447. The first-order valence-electron chi connectivity index (χ1n) is 10.5. The zero-order valence-electron chi connectivity index (χ0n) is 17.5. The van der Waals surface area contributed by atoms with Crippen molar-refractivity contribution >= 4 is 34.8 Å². The normalized spacial score (nSPS) is 16.8. The highest BCUT2D eigenvalue weighted by atomic mass is 35.5. The summed E-state index contributed by atoms with van der Waals surface area (Å²) in [5, 5.41) is 5.20. The maximum absolute atomic E-state index is 6.56. The van der Waals surface area contributed by atoms with Crippen LogP contribution < -0.4 is 14.8 Å². The maximum Gasteiger partial charge on any atom is 0.180 e. The van der Waals surface area contributed by atoms with Crippen molar-refractivity contribution in [2.24, 2.45) is 0 Å². The number of hydrogen-bond acceptors (Lipinski definition) is 4. The SMILES string of the molecule is CCOc1cc(CNCC2CCCN2CC)cc(Cl)c1OCc1c(Cl)cccc1Cl. The van der Waals surface area contributed by atoms with E-state index in [-0.39, 0.29) is 6.61 Å². The van der Waals surface area contributed by atoms with Crippen LogP contribution in [0, 0.1) is 0 Å². The minimum atomic E-state index is 0.213. The van der Waals surface area contributed by atoms with Crippen LogP contribution in [0.25, 0.3) is 0 Å². The fraction of sp³-hybridized carbons (Fsp3) is 0.478. The fourth-order valence-electron chi connectivity index (χ4n) is 3.87. The number of nitrogens with zero attached hydrogens (tertiary/aromatic N) is 1. The Morgan fingerprint density at radius 2 is 1.83 bits per heavy atom. The van der Waals surface area contributed by atoms with Gasteiger partial charge in [-0.1, -0.05) is 47.8 Å². The minimum absolute atomic E-state index is 0.213. The summed E-state index contributed by atoms with van der Waals surface area (Å²) in [7, 11) is 0. The van der Waals surface area contributed by atoms with E-state index in [0.29, 0.717) is 39.2 Å². The molecule has 4 nitrogen and oxygen atoms in total. The van der Waals surface area contributed by atoms with Crippen LogP contribution in [-0.2, 0) is 13.2 Å². The molecule has 0 spiro atoms. The van der Waals surface area contributed by atoms with Crippen LogP contribution in [0.1, 0.15) is 37.8 Å². The van der Waals surface area contributed by atoms with Crippen LogP contribution in [-0.4, -0.2) is 37.2 Å². The van der Waals surface area contributed by atoms with Gasteiger partial charge in [-0.05, 0) is 62.7 Å². The van der Waals surface area contributed by atoms with Gasteiger partial charge in [0, 0.05) is 34.7 Å². The van der Waals surface area contributed by atoms with Gasteiger partial charge in [0.2, 0.25) is 0 Å². The molecular formula is C23H29Cl3N2O2. The second-order valence-electron chi connectivity index (χ2n) is 7.38. The molecule has 0 amide bonds. The van der Waals surface area contributed by atoms with Crippen LogP contribution in [0.4, 0.5) is 0 Å². The second kappa shape index (κ2) is 11.4. The molecule has 0 bridgehead atoms. The summed E-state index contributed by atoms with van der Waals surface area (Å²) in [6.45, 7) is 8.89. The van der Waals surface area contributed by atoms with Gasteiger partial charge in [0.1, 0.15) is 6.61 Å². The third kappa shape index (κ3) is 5.95. The Labute approximate surface area is 194 Å². The molecule has 0 aromatic heterocycles. The molecule has 1 heterocycles. The highest BCUT2D eigenvalue weighted by Crippen LogP contribution is 2.38. The third-order valence-corrected chi connectivity index (χ3v) is 6.39. The summed E-state index contributed by atoms with van der Waals surface area (Å²) < 4.78 is 11.8. The number of ether oxygens (including phenoxy) is 2. The average Bonchev–Trinajstić information content (AvgIpc) is 3.17. The Morgan fingerprint density at radius 1 is 1.07 bits per heavy atom. The molecule has 0 radical (unpaired) electrons. The molecule has 1 aliphatic rings. The van der Waals surface area contributed by atoms with E-state index in [2.05, 4.69) is 17.1 Å². The van der Waals surface area contributed by atoms with Gasteiger partial charge < -0.3 is 14.8 Å². The van der Waals surface area contributed by atoms with Crippen molar-refractivity contribution in [1.82, 2.24) is 10.2 Å². The molecule has 3 rings (SSSR count).